The van der Waals surface area contributed by atoms with Crippen molar-refractivity contribution in [1.29, 1.82) is 5.26 Å². The number of carboxylic acids is 1. The van der Waals surface area contributed by atoms with Crippen LogP contribution in [0.4, 0.5) is 5.69 Å². The predicted molar refractivity (Wildman–Crippen MR) is 76.9 cm³/mol. The molecule has 1 fully saturated rings. The zero-order valence-electron chi connectivity index (χ0n) is 10.2. The standard InChI is InChI=1S/C13H13ClN2O2S/c14-11-2-1-3-12(10(11)7-15)16-4-5-19-8-9(16)6-13(17)18/h1-3,9H,4-6,8H2,(H,17,18). The molecule has 1 aromatic carbocycles. The summed E-state index contributed by atoms with van der Waals surface area (Å²) in [6.45, 7) is 0.734. The fraction of sp³-hybridized carbons (Fsp3) is 0.385. The molecule has 100 valence electrons. The summed E-state index contributed by atoms with van der Waals surface area (Å²) in [4.78, 5) is 12.9. The second-order valence-corrected chi connectivity index (χ2v) is 5.82. The molecule has 1 aliphatic rings. The van der Waals surface area contributed by atoms with Crippen molar-refractivity contribution in [1.82, 2.24) is 0 Å². The quantitative estimate of drug-likeness (QED) is 0.929. The molecule has 2 rings (SSSR count). The minimum absolute atomic E-state index is 0.0738. The lowest BCUT2D eigenvalue weighted by Crippen LogP contribution is -2.44. The summed E-state index contributed by atoms with van der Waals surface area (Å²) in [5, 5.41) is 18.6. The molecule has 1 N–H and O–H groups in total. The average molecular weight is 297 g/mol. The Labute approximate surface area is 121 Å². The summed E-state index contributed by atoms with van der Waals surface area (Å²) in [5.41, 5.74) is 1.16. The molecule has 1 saturated heterocycles. The molecule has 0 spiro atoms. The first kappa shape index (κ1) is 14.0. The molecule has 1 unspecified atom stereocenters. The summed E-state index contributed by atoms with van der Waals surface area (Å²) < 4.78 is 0. The van der Waals surface area contributed by atoms with E-state index < -0.39 is 5.97 Å². The average Bonchev–Trinajstić information content (AvgIpc) is 2.38. The van der Waals surface area contributed by atoms with E-state index in [-0.39, 0.29) is 12.5 Å². The van der Waals surface area contributed by atoms with Gasteiger partial charge < -0.3 is 10.0 Å². The normalized spacial score (nSPS) is 18.9. The molecule has 0 aliphatic carbocycles. The van der Waals surface area contributed by atoms with E-state index in [9.17, 15) is 10.1 Å². The maximum atomic E-state index is 10.9. The number of hydrogen-bond acceptors (Lipinski definition) is 4. The van der Waals surface area contributed by atoms with Gasteiger partial charge in [-0.15, -0.1) is 0 Å². The summed E-state index contributed by atoms with van der Waals surface area (Å²) in [5.74, 6) is 0.856. The van der Waals surface area contributed by atoms with Crippen LogP contribution in [0.15, 0.2) is 18.2 Å². The van der Waals surface area contributed by atoms with Crippen LogP contribution in [0.5, 0.6) is 0 Å². The number of nitrogens with zero attached hydrogens (tertiary/aromatic N) is 2. The smallest absolute Gasteiger partial charge is 0.305 e. The van der Waals surface area contributed by atoms with Crippen molar-refractivity contribution in [2.75, 3.05) is 23.0 Å². The fourth-order valence-corrected chi connectivity index (χ4v) is 3.48. The van der Waals surface area contributed by atoms with Gasteiger partial charge in [-0.25, -0.2) is 0 Å². The van der Waals surface area contributed by atoms with E-state index in [1.807, 2.05) is 11.0 Å². The number of anilines is 1. The van der Waals surface area contributed by atoms with E-state index >= 15 is 0 Å². The van der Waals surface area contributed by atoms with Crippen LogP contribution in [0, 0.1) is 11.3 Å². The number of halogens is 1. The zero-order valence-corrected chi connectivity index (χ0v) is 11.7. The van der Waals surface area contributed by atoms with Gasteiger partial charge >= 0.3 is 5.97 Å². The van der Waals surface area contributed by atoms with Gasteiger partial charge in [-0.1, -0.05) is 17.7 Å². The third kappa shape index (κ3) is 3.14. The highest BCUT2D eigenvalue weighted by Gasteiger charge is 2.27. The molecule has 0 aromatic heterocycles. The van der Waals surface area contributed by atoms with Gasteiger partial charge in [0.15, 0.2) is 0 Å². The Morgan fingerprint density at radius 2 is 2.42 bits per heavy atom. The molecule has 4 nitrogen and oxygen atoms in total. The van der Waals surface area contributed by atoms with Gasteiger partial charge in [-0.3, -0.25) is 4.79 Å². The Morgan fingerprint density at radius 3 is 3.11 bits per heavy atom. The van der Waals surface area contributed by atoms with Crippen LogP contribution >= 0.6 is 23.4 Å². The van der Waals surface area contributed by atoms with Crippen molar-refractivity contribution < 1.29 is 9.90 Å². The van der Waals surface area contributed by atoms with Crippen LogP contribution in [0.2, 0.25) is 5.02 Å². The molecule has 0 amide bonds. The molecule has 0 radical (unpaired) electrons. The van der Waals surface area contributed by atoms with Crippen molar-refractivity contribution in [2.24, 2.45) is 0 Å². The Hall–Kier alpha value is -1.38. The van der Waals surface area contributed by atoms with Crippen LogP contribution in [-0.4, -0.2) is 35.2 Å². The number of carboxylic acid groups (broad SMARTS) is 1. The minimum atomic E-state index is -0.821. The maximum absolute atomic E-state index is 10.9. The van der Waals surface area contributed by atoms with Crippen LogP contribution in [0.25, 0.3) is 0 Å². The summed E-state index contributed by atoms with van der Waals surface area (Å²) >= 11 is 7.77. The van der Waals surface area contributed by atoms with E-state index in [1.54, 1.807) is 23.9 Å². The molecule has 1 aromatic rings. The van der Waals surface area contributed by atoms with Gasteiger partial charge in [0.05, 0.1) is 22.7 Å². The third-order valence-electron chi connectivity index (χ3n) is 3.05. The molecular weight excluding hydrogens is 284 g/mol. The number of rotatable bonds is 3. The minimum Gasteiger partial charge on any atom is -0.481 e. The second kappa shape index (κ2) is 6.18. The fourth-order valence-electron chi connectivity index (χ4n) is 2.21. The highest BCUT2D eigenvalue weighted by atomic mass is 35.5. The van der Waals surface area contributed by atoms with Crippen LogP contribution < -0.4 is 4.90 Å². The maximum Gasteiger partial charge on any atom is 0.305 e. The van der Waals surface area contributed by atoms with Gasteiger partial charge in [0.1, 0.15) is 6.07 Å². The van der Waals surface area contributed by atoms with Crippen LogP contribution in [-0.2, 0) is 4.79 Å². The van der Waals surface area contributed by atoms with Crippen LogP contribution in [0.3, 0.4) is 0 Å². The van der Waals surface area contributed by atoms with Gasteiger partial charge in [-0.2, -0.15) is 17.0 Å². The Kier molecular flexibility index (Phi) is 4.56. The Balaban J connectivity index is 2.35. The van der Waals surface area contributed by atoms with Gasteiger partial charge in [0.25, 0.3) is 0 Å². The number of hydrogen-bond donors (Lipinski definition) is 1. The molecule has 1 heterocycles. The van der Waals surface area contributed by atoms with Crippen molar-refractivity contribution in [3.05, 3.63) is 28.8 Å². The first-order valence-electron chi connectivity index (χ1n) is 5.88. The zero-order chi connectivity index (χ0) is 13.8. The molecule has 0 saturated carbocycles. The molecule has 0 bridgehead atoms. The highest BCUT2D eigenvalue weighted by Crippen LogP contribution is 2.31. The van der Waals surface area contributed by atoms with E-state index in [2.05, 4.69) is 6.07 Å². The van der Waals surface area contributed by atoms with Gasteiger partial charge in [0, 0.05) is 24.1 Å². The summed E-state index contributed by atoms with van der Waals surface area (Å²) in [6.07, 6.45) is 0.0738. The summed E-state index contributed by atoms with van der Waals surface area (Å²) in [6, 6.07) is 7.31. The largest absolute Gasteiger partial charge is 0.481 e. The molecule has 6 heteroatoms. The molecule has 19 heavy (non-hydrogen) atoms. The lowest BCUT2D eigenvalue weighted by molar-refractivity contribution is -0.137. The predicted octanol–water partition coefficient (Wildman–Crippen LogP) is 2.61. The number of nitriles is 1. The SMILES string of the molecule is N#Cc1c(Cl)cccc1N1CCSCC1CC(=O)O. The van der Waals surface area contributed by atoms with E-state index in [4.69, 9.17) is 16.7 Å². The lowest BCUT2D eigenvalue weighted by Gasteiger charge is -2.37. The van der Waals surface area contributed by atoms with Crippen molar-refractivity contribution in [3.8, 4) is 6.07 Å². The van der Waals surface area contributed by atoms with Crippen molar-refractivity contribution in [3.63, 3.8) is 0 Å². The highest BCUT2D eigenvalue weighted by molar-refractivity contribution is 7.99. The van der Waals surface area contributed by atoms with Crippen molar-refractivity contribution >= 4 is 35.0 Å². The number of benzene rings is 1. The van der Waals surface area contributed by atoms with E-state index in [1.165, 1.54) is 0 Å². The Bertz CT molecular complexity index is 530. The number of carbonyl (C=O) groups is 1. The summed E-state index contributed by atoms with van der Waals surface area (Å²) in [7, 11) is 0. The third-order valence-corrected chi connectivity index (χ3v) is 4.46. The van der Waals surface area contributed by atoms with Crippen LogP contribution in [0.1, 0.15) is 12.0 Å². The molecular formula is C13H13ClN2O2S. The second-order valence-electron chi connectivity index (χ2n) is 4.27. The van der Waals surface area contributed by atoms with E-state index in [0.717, 1.165) is 23.7 Å². The topological polar surface area (TPSA) is 64.3 Å². The van der Waals surface area contributed by atoms with Gasteiger partial charge in [-0.05, 0) is 12.1 Å². The van der Waals surface area contributed by atoms with Crippen molar-refractivity contribution in [2.45, 2.75) is 12.5 Å². The Morgan fingerprint density at radius 1 is 1.63 bits per heavy atom. The van der Waals surface area contributed by atoms with E-state index in [0.29, 0.717) is 10.6 Å². The number of thioether (sulfide) groups is 1. The first-order valence-corrected chi connectivity index (χ1v) is 7.41. The monoisotopic (exact) mass is 296 g/mol. The first-order chi connectivity index (χ1) is 9.13. The number of aliphatic carboxylic acids is 1. The van der Waals surface area contributed by atoms with Gasteiger partial charge in [0.2, 0.25) is 0 Å². The molecule has 1 atom stereocenters. The molecule has 1 aliphatic heterocycles. The lowest BCUT2D eigenvalue weighted by atomic mass is 10.1.